The number of aryl methyl sites for hydroxylation is 2. The molecule has 2 aromatic carbocycles. The van der Waals surface area contributed by atoms with Crippen molar-refractivity contribution >= 4 is 40.6 Å². The van der Waals surface area contributed by atoms with Crippen molar-refractivity contribution in [3.05, 3.63) is 64.8 Å². The van der Waals surface area contributed by atoms with Crippen molar-refractivity contribution in [3.8, 4) is 0 Å². The number of halogens is 2. The lowest BCUT2D eigenvalue weighted by Crippen LogP contribution is -2.34. The van der Waals surface area contributed by atoms with Gasteiger partial charge in [0, 0.05) is 24.2 Å². The molecule has 0 saturated carbocycles. The van der Waals surface area contributed by atoms with Gasteiger partial charge in [-0.3, -0.25) is 0 Å². The van der Waals surface area contributed by atoms with Gasteiger partial charge in [0.1, 0.15) is 0 Å². The summed E-state index contributed by atoms with van der Waals surface area (Å²) in [5.74, 6) is 0.838. The summed E-state index contributed by atoms with van der Waals surface area (Å²) >= 11 is 6.35. The summed E-state index contributed by atoms with van der Waals surface area (Å²) in [7, 11) is 0. The molecule has 0 spiro atoms. The van der Waals surface area contributed by atoms with E-state index >= 15 is 0 Å². The van der Waals surface area contributed by atoms with Crippen LogP contribution in [0.5, 0.6) is 0 Å². The zero-order valence-corrected chi connectivity index (χ0v) is 16.7. The number of benzene rings is 2. The van der Waals surface area contributed by atoms with Crippen molar-refractivity contribution in [2.75, 3.05) is 18.0 Å². The maximum absolute atomic E-state index is 6.35. The van der Waals surface area contributed by atoms with E-state index in [2.05, 4.69) is 53.2 Å². The normalized spacial score (nSPS) is 15.2. The zero-order chi connectivity index (χ0) is 17.2. The fourth-order valence-electron chi connectivity index (χ4n) is 4.17. The molecule has 0 radical (unpaired) electrons. The van der Waals surface area contributed by atoms with Gasteiger partial charge >= 0.3 is 0 Å². The molecule has 1 aromatic heterocycles. The average molecular weight is 389 g/mol. The van der Waals surface area contributed by atoms with Crippen LogP contribution in [-0.4, -0.2) is 18.1 Å². The van der Waals surface area contributed by atoms with E-state index in [1.54, 1.807) is 0 Å². The molecule has 0 atom stereocenters. The summed E-state index contributed by atoms with van der Waals surface area (Å²) in [5, 5.41) is 2.07. The van der Waals surface area contributed by atoms with Gasteiger partial charge in [-0.05, 0) is 50.2 Å². The highest BCUT2D eigenvalue weighted by Gasteiger charge is 2.23. The largest absolute Gasteiger partial charge is 0.370 e. The molecule has 0 amide bonds. The third-order valence-corrected chi connectivity index (χ3v) is 5.87. The van der Waals surface area contributed by atoms with Crippen LogP contribution in [-0.2, 0) is 6.42 Å². The van der Waals surface area contributed by atoms with E-state index in [0.29, 0.717) is 0 Å². The standard InChI is InChI=1S/C22H25ClN2.ClH/c1-16-22(19-8-5-9-20(23)21(19)24-16)25-14-12-18(13-15-25)11-10-17-6-3-2-4-7-17;/h2-9,18,24H,10-15H2,1H3;1H. The lowest BCUT2D eigenvalue weighted by molar-refractivity contribution is 0.382. The minimum absolute atomic E-state index is 0. The molecule has 1 saturated heterocycles. The number of H-pyrrole nitrogens is 1. The maximum Gasteiger partial charge on any atom is 0.0666 e. The van der Waals surface area contributed by atoms with E-state index in [-0.39, 0.29) is 12.4 Å². The number of piperidine rings is 1. The van der Waals surface area contributed by atoms with E-state index in [9.17, 15) is 0 Å². The summed E-state index contributed by atoms with van der Waals surface area (Å²) in [6.45, 7) is 4.44. The molecule has 1 aliphatic rings. The lowest BCUT2D eigenvalue weighted by Gasteiger charge is -2.34. The van der Waals surface area contributed by atoms with Gasteiger partial charge in [0.15, 0.2) is 0 Å². The van der Waals surface area contributed by atoms with Crippen LogP contribution in [0, 0.1) is 12.8 Å². The number of anilines is 1. The van der Waals surface area contributed by atoms with Crippen LogP contribution in [0.15, 0.2) is 48.5 Å². The maximum atomic E-state index is 6.35. The first-order valence-electron chi connectivity index (χ1n) is 9.28. The SMILES string of the molecule is Cc1[nH]c2c(Cl)cccc2c1N1CCC(CCc2ccccc2)CC1.Cl. The number of fused-ring (bicyclic) bond motifs is 1. The summed E-state index contributed by atoms with van der Waals surface area (Å²) in [5.41, 5.74) is 5.11. The van der Waals surface area contributed by atoms with E-state index < -0.39 is 0 Å². The van der Waals surface area contributed by atoms with Crippen LogP contribution in [0.3, 0.4) is 0 Å². The van der Waals surface area contributed by atoms with Gasteiger partial charge in [-0.25, -0.2) is 0 Å². The summed E-state index contributed by atoms with van der Waals surface area (Å²) in [4.78, 5) is 6.02. The molecule has 0 unspecified atom stereocenters. The topological polar surface area (TPSA) is 19.0 Å². The quantitative estimate of drug-likeness (QED) is 0.547. The molecule has 138 valence electrons. The first-order chi connectivity index (χ1) is 12.2. The van der Waals surface area contributed by atoms with Gasteiger partial charge in [0.2, 0.25) is 0 Å². The fraction of sp³-hybridized carbons (Fsp3) is 0.364. The highest BCUT2D eigenvalue weighted by Crippen LogP contribution is 2.36. The second-order valence-corrected chi connectivity index (χ2v) is 7.62. The first kappa shape index (κ1) is 19.1. The molecular formula is C22H26Cl2N2. The highest BCUT2D eigenvalue weighted by molar-refractivity contribution is 6.35. The Bertz CT molecular complexity index is 849. The Morgan fingerprint density at radius 3 is 2.50 bits per heavy atom. The minimum Gasteiger partial charge on any atom is -0.370 e. The number of aromatic nitrogens is 1. The van der Waals surface area contributed by atoms with Crippen LogP contribution in [0.4, 0.5) is 5.69 Å². The van der Waals surface area contributed by atoms with Crippen LogP contribution in [0.1, 0.15) is 30.5 Å². The first-order valence-corrected chi connectivity index (χ1v) is 9.66. The molecule has 4 heteroatoms. The van der Waals surface area contributed by atoms with Crippen molar-refractivity contribution in [3.63, 3.8) is 0 Å². The molecule has 2 heterocycles. The summed E-state index contributed by atoms with van der Waals surface area (Å²) in [6.07, 6.45) is 5.06. The molecule has 0 bridgehead atoms. The molecule has 1 N–H and O–H groups in total. The van der Waals surface area contributed by atoms with E-state index in [1.807, 2.05) is 12.1 Å². The molecule has 1 fully saturated rings. The molecule has 26 heavy (non-hydrogen) atoms. The number of hydrogen-bond acceptors (Lipinski definition) is 1. The Labute approximate surface area is 167 Å². The van der Waals surface area contributed by atoms with Crippen LogP contribution < -0.4 is 4.90 Å². The van der Waals surface area contributed by atoms with Gasteiger partial charge in [-0.15, -0.1) is 12.4 Å². The van der Waals surface area contributed by atoms with Crippen LogP contribution in [0.2, 0.25) is 5.02 Å². The fourth-order valence-corrected chi connectivity index (χ4v) is 4.39. The Kier molecular flexibility index (Phi) is 6.16. The number of para-hydroxylation sites is 1. The molecular weight excluding hydrogens is 363 g/mol. The average Bonchev–Trinajstić information content (AvgIpc) is 2.99. The molecule has 3 aromatic rings. The molecule has 4 rings (SSSR count). The number of hydrogen-bond donors (Lipinski definition) is 1. The third kappa shape index (κ3) is 3.87. The number of nitrogens with zero attached hydrogens (tertiary/aromatic N) is 1. The van der Waals surface area contributed by atoms with E-state index in [1.165, 1.54) is 48.0 Å². The summed E-state index contributed by atoms with van der Waals surface area (Å²) in [6, 6.07) is 17.1. The van der Waals surface area contributed by atoms with Crippen molar-refractivity contribution < 1.29 is 0 Å². The van der Waals surface area contributed by atoms with Gasteiger partial charge in [-0.2, -0.15) is 0 Å². The number of nitrogens with one attached hydrogen (secondary N) is 1. The molecule has 0 aliphatic carbocycles. The smallest absolute Gasteiger partial charge is 0.0666 e. The second kappa shape index (κ2) is 8.37. The van der Waals surface area contributed by atoms with Crippen LogP contribution >= 0.6 is 24.0 Å². The van der Waals surface area contributed by atoms with Gasteiger partial charge < -0.3 is 9.88 Å². The lowest BCUT2D eigenvalue weighted by atomic mass is 9.90. The van der Waals surface area contributed by atoms with Gasteiger partial charge in [-0.1, -0.05) is 54.1 Å². The van der Waals surface area contributed by atoms with Crippen molar-refractivity contribution in [2.45, 2.75) is 32.6 Å². The van der Waals surface area contributed by atoms with Gasteiger partial charge in [0.05, 0.1) is 16.2 Å². The number of aromatic amines is 1. The van der Waals surface area contributed by atoms with Crippen LogP contribution in [0.25, 0.3) is 10.9 Å². The van der Waals surface area contributed by atoms with Crippen molar-refractivity contribution in [2.24, 2.45) is 5.92 Å². The van der Waals surface area contributed by atoms with Gasteiger partial charge in [0.25, 0.3) is 0 Å². The van der Waals surface area contributed by atoms with Crippen molar-refractivity contribution in [1.29, 1.82) is 0 Å². The Morgan fingerprint density at radius 1 is 1.04 bits per heavy atom. The van der Waals surface area contributed by atoms with E-state index in [0.717, 1.165) is 29.5 Å². The zero-order valence-electron chi connectivity index (χ0n) is 15.2. The molecule has 2 nitrogen and oxygen atoms in total. The molecule has 1 aliphatic heterocycles. The third-order valence-electron chi connectivity index (χ3n) is 5.55. The predicted molar refractivity (Wildman–Crippen MR) is 115 cm³/mol. The van der Waals surface area contributed by atoms with Crippen molar-refractivity contribution in [1.82, 2.24) is 4.98 Å². The Balaban J connectivity index is 0.00000196. The van der Waals surface area contributed by atoms with E-state index in [4.69, 9.17) is 11.6 Å². The second-order valence-electron chi connectivity index (χ2n) is 7.22. The minimum atomic E-state index is 0. The predicted octanol–water partition coefficient (Wildman–Crippen LogP) is 6.40. The summed E-state index contributed by atoms with van der Waals surface area (Å²) < 4.78 is 0. The Hall–Kier alpha value is -1.64. The Morgan fingerprint density at radius 2 is 1.77 bits per heavy atom. The number of rotatable bonds is 4. The highest BCUT2D eigenvalue weighted by atomic mass is 35.5. The monoisotopic (exact) mass is 388 g/mol.